The first-order chi connectivity index (χ1) is 9.52. The Hall–Kier alpha value is -2.35. The Bertz CT molecular complexity index is 629. The van der Waals surface area contributed by atoms with E-state index in [-0.39, 0.29) is 17.3 Å². The first-order valence-corrected chi connectivity index (χ1v) is 6.06. The summed E-state index contributed by atoms with van der Waals surface area (Å²) in [6.45, 7) is 1.96. The summed E-state index contributed by atoms with van der Waals surface area (Å²) >= 11 is 0. The van der Waals surface area contributed by atoms with Gasteiger partial charge in [-0.2, -0.15) is 4.98 Å². The molecule has 0 spiro atoms. The molecule has 1 heterocycles. The van der Waals surface area contributed by atoms with Gasteiger partial charge in [-0.1, -0.05) is 18.5 Å². The second-order valence-corrected chi connectivity index (χ2v) is 4.27. The van der Waals surface area contributed by atoms with Gasteiger partial charge in [-0.05, 0) is 18.6 Å². The van der Waals surface area contributed by atoms with Crippen LogP contribution in [0.4, 0.5) is 10.1 Å². The van der Waals surface area contributed by atoms with E-state index in [9.17, 15) is 14.5 Å². The molecule has 1 aromatic heterocycles. The van der Waals surface area contributed by atoms with Crippen molar-refractivity contribution in [3.8, 4) is 11.5 Å². The van der Waals surface area contributed by atoms with Crippen molar-refractivity contribution in [2.75, 3.05) is 0 Å². The molecule has 0 saturated heterocycles. The predicted molar refractivity (Wildman–Crippen MR) is 68.2 cm³/mol. The third kappa shape index (κ3) is 2.80. The molecule has 0 bridgehead atoms. The van der Waals surface area contributed by atoms with Crippen molar-refractivity contribution in [2.45, 2.75) is 25.8 Å². The molecule has 1 unspecified atom stereocenters. The van der Waals surface area contributed by atoms with Gasteiger partial charge in [0.25, 0.3) is 11.6 Å². The molecule has 0 aliphatic rings. The van der Waals surface area contributed by atoms with E-state index in [1.54, 1.807) is 0 Å². The summed E-state index contributed by atoms with van der Waals surface area (Å²) in [5.74, 6) is -0.471. The van der Waals surface area contributed by atoms with Gasteiger partial charge in [0, 0.05) is 0 Å². The molecule has 7 nitrogen and oxygen atoms in total. The first kappa shape index (κ1) is 14.1. The molecule has 20 heavy (non-hydrogen) atoms. The molecule has 1 aromatic carbocycles. The molecule has 0 aliphatic heterocycles. The summed E-state index contributed by atoms with van der Waals surface area (Å²) < 4.78 is 18.0. The Morgan fingerprint density at radius 1 is 1.55 bits per heavy atom. The fourth-order valence-corrected chi connectivity index (χ4v) is 1.77. The number of halogens is 1. The van der Waals surface area contributed by atoms with Crippen LogP contribution in [-0.2, 0) is 0 Å². The maximum absolute atomic E-state index is 13.1. The maximum Gasteiger partial charge on any atom is 0.285 e. The van der Waals surface area contributed by atoms with Crippen molar-refractivity contribution >= 4 is 5.69 Å². The number of nitro groups is 1. The van der Waals surface area contributed by atoms with Gasteiger partial charge < -0.3 is 10.3 Å². The lowest BCUT2D eigenvalue weighted by Gasteiger charge is -2.02. The summed E-state index contributed by atoms with van der Waals surface area (Å²) in [5.41, 5.74) is 5.48. The molecule has 0 saturated carbocycles. The Balaban J connectivity index is 2.40. The van der Waals surface area contributed by atoms with Crippen molar-refractivity contribution in [3.05, 3.63) is 40.0 Å². The number of nitro benzene ring substituents is 1. The van der Waals surface area contributed by atoms with Gasteiger partial charge in [-0.15, -0.1) is 0 Å². The summed E-state index contributed by atoms with van der Waals surface area (Å²) in [6, 6.07) is 2.75. The lowest BCUT2D eigenvalue weighted by Crippen LogP contribution is -2.11. The minimum absolute atomic E-state index is 0.0433. The lowest BCUT2D eigenvalue weighted by atomic mass is 10.1. The van der Waals surface area contributed by atoms with E-state index >= 15 is 0 Å². The zero-order valence-corrected chi connectivity index (χ0v) is 10.7. The van der Waals surface area contributed by atoms with E-state index < -0.39 is 22.5 Å². The molecule has 106 valence electrons. The molecule has 0 amide bonds. The van der Waals surface area contributed by atoms with Crippen molar-refractivity contribution < 1.29 is 13.8 Å². The van der Waals surface area contributed by atoms with E-state index in [2.05, 4.69) is 10.1 Å². The molecule has 0 aliphatic carbocycles. The number of nitrogens with two attached hydrogens (primary N) is 1. The van der Waals surface area contributed by atoms with Crippen LogP contribution >= 0.6 is 0 Å². The summed E-state index contributed by atoms with van der Waals surface area (Å²) in [4.78, 5) is 14.3. The highest BCUT2D eigenvalue weighted by Crippen LogP contribution is 2.30. The van der Waals surface area contributed by atoms with Crippen LogP contribution in [-0.4, -0.2) is 15.1 Å². The number of aromatic nitrogens is 2. The van der Waals surface area contributed by atoms with Crippen LogP contribution in [0.3, 0.4) is 0 Å². The fourth-order valence-electron chi connectivity index (χ4n) is 1.77. The number of nitrogens with zero attached hydrogens (tertiary/aromatic N) is 3. The van der Waals surface area contributed by atoms with Gasteiger partial charge in [-0.25, -0.2) is 4.39 Å². The van der Waals surface area contributed by atoms with Crippen LogP contribution < -0.4 is 5.73 Å². The van der Waals surface area contributed by atoms with Crippen molar-refractivity contribution in [1.82, 2.24) is 10.1 Å². The summed E-state index contributed by atoms with van der Waals surface area (Å²) in [7, 11) is 0. The minimum Gasteiger partial charge on any atom is -0.334 e. The zero-order chi connectivity index (χ0) is 14.7. The van der Waals surface area contributed by atoms with Crippen LogP contribution in [0, 0.1) is 15.9 Å². The summed E-state index contributed by atoms with van der Waals surface area (Å²) in [6.07, 6.45) is 1.52. The van der Waals surface area contributed by atoms with E-state index in [4.69, 9.17) is 10.3 Å². The molecule has 8 heteroatoms. The van der Waals surface area contributed by atoms with E-state index in [0.717, 1.165) is 18.6 Å². The van der Waals surface area contributed by atoms with Gasteiger partial charge in [0.2, 0.25) is 0 Å². The highest BCUT2D eigenvalue weighted by atomic mass is 19.1. The van der Waals surface area contributed by atoms with E-state index in [1.807, 2.05) is 6.92 Å². The third-order valence-electron chi connectivity index (χ3n) is 2.76. The monoisotopic (exact) mass is 280 g/mol. The molecular weight excluding hydrogens is 267 g/mol. The Morgan fingerprint density at radius 2 is 2.30 bits per heavy atom. The van der Waals surface area contributed by atoms with Gasteiger partial charge in [0.15, 0.2) is 5.82 Å². The van der Waals surface area contributed by atoms with Crippen LogP contribution in [0.2, 0.25) is 0 Å². The molecule has 1 atom stereocenters. The largest absolute Gasteiger partial charge is 0.334 e. The Labute approximate surface area is 113 Å². The smallest absolute Gasteiger partial charge is 0.285 e. The number of hydrogen-bond donors (Lipinski definition) is 1. The van der Waals surface area contributed by atoms with Gasteiger partial charge in [0.1, 0.15) is 11.4 Å². The molecule has 2 rings (SSSR count). The molecule has 2 aromatic rings. The minimum atomic E-state index is -0.706. The van der Waals surface area contributed by atoms with Crippen LogP contribution in [0.15, 0.2) is 22.7 Å². The average molecular weight is 280 g/mol. The number of benzene rings is 1. The van der Waals surface area contributed by atoms with Gasteiger partial charge in [0.05, 0.1) is 17.0 Å². The molecule has 2 N–H and O–H groups in total. The van der Waals surface area contributed by atoms with Crippen molar-refractivity contribution in [1.29, 1.82) is 0 Å². The van der Waals surface area contributed by atoms with Crippen LogP contribution in [0.1, 0.15) is 31.6 Å². The molecular formula is C12H13FN4O3. The standard InChI is InChI=1S/C12H13FN4O3/c1-2-3-9(14)11-15-12(20-16-11)8-5-4-7(13)6-10(8)17(18)19/h4-6,9H,2-3,14H2,1H3. The normalized spacial score (nSPS) is 12.3. The van der Waals surface area contributed by atoms with Gasteiger partial charge >= 0.3 is 0 Å². The SMILES string of the molecule is CCCC(N)c1noc(-c2ccc(F)cc2[N+](=O)[O-])n1. The number of rotatable bonds is 5. The highest BCUT2D eigenvalue weighted by molar-refractivity contribution is 5.66. The van der Waals surface area contributed by atoms with E-state index in [0.29, 0.717) is 6.42 Å². The molecule has 0 fully saturated rings. The summed E-state index contributed by atoms with van der Waals surface area (Å²) in [5, 5.41) is 14.6. The lowest BCUT2D eigenvalue weighted by molar-refractivity contribution is -0.384. The Morgan fingerprint density at radius 3 is 2.95 bits per heavy atom. The first-order valence-electron chi connectivity index (χ1n) is 6.06. The predicted octanol–water partition coefficient (Wildman–Crippen LogP) is 2.58. The topological polar surface area (TPSA) is 108 Å². The maximum atomic E-state index is 13.1. The molecule has 0 radical (unpaired) electrons. The highest BCUT2D eigenvalue weighted by Gasteiger charge is 2.22. The second kappa shape index (κ2) is 5.74. The van der Waals surface area contributed by atoms with Crippen molar-refractivity contribution in [2.24, 2.45) is 5.73 Å². The second-order valence-electron chi connectivity index (χ2n) is 4.27. The van der Waals surface area contributed by atoms with E-state index in [1.165, 1.54) is 6.07 Å². The van der Waals surface area contributed by atoms with Crippen molar-refractivity contribution in [3.63, 3.8) is 0 Å². The Kier molecular flexibility index (Phi) is 4.04. The number of hydrogen-bond acceptors (Lipinski definition) is 6. The third-order valence-corrected chi connectivity index (χ3v) is 2.76. The average Bonchev–Trinajstić information content (AvgIpc) is 2.88. The quantitative estimate of drug-likeness (QED) is 0.666. The fraction of sp³-hybridized carbons (Fsp3) is 0.333. The van der Waals surface area contributed by atoms with Crippen LogP contribution in [0.5, 0.6) is 0 Å². The van der Waals surface area contributed by atoms with Gasteiger partial charge in [-0.3, -0.25) is 10.1 Å². The van der Waals surface area contributed by atoms with Crippen LogP contribution in [0.25, 0.3) is 11.5 Å². The zero-order valence-electron chi connectivity index (χ0n) is 10.7.